The van der Waals surface area contributed by atoms with Gasteiger partial charge in [0.25, 0.3) is 15.9 Å². The molecular formula is C15H14N4O4S2. The second-order valence-corrected chi connectivity index (χ2v) is 7.61. The molecule has 3 rings (SSSR count). The normalized spacial score (nSPS) is 11.4. The average molecular weight is 378 g/mol. The zero-order valence-electron chi connectivity index (χ0n) is 13.1. The second kappa shape index (κ2) is 7.13. The number of amides is 1. The van der Waals surface area contributed by atoms with E-state index in [9.17, 15) is 13.2 Å². The zero-order valence-corrected chi connectivity index (χ0v) is 14.7. The summed E-state index contributed by atoms with van der Waals surface area (Å²) in [5.41, 5.74) is 1.48. The molecule has 0 saturated carbocycles. The Morgan fingerprint density at radius 3 is 2.84 bits per heavy atom. The zero-order chi connectivity index (χ0) is 17.9. The molecule has 0 saturated heterocycles. The van der Waals surface area contributed by atoms with Gasteiger partial charge >= 0.3 is 0 Å². The molecule has 8 nitrogen and oxygen atoms in total. The highest BCUT2D eigenvalue weighted by molar-refractivity contribution is 7.89. The third-order valence-corrected chi connectivity index (χ3v) is 5.25. The molecule has 0 aliphatic rings. The standard InChI is InChI=1S/C15H14N4O4S2/c1-10-9-24-15(18-10)19-14(20)12-4-5-13(23-12)25(21,22)17-8-11-3-2-6-16-7-11/h2-7,9,17H,8H2,1H3,(H,18,19,20). The van der Waals surface area contributed by atoms with Crippen molar-refractivity contribution in [2.75, 3.05) is 5.32 Å². The molecular weight excluding hydrogens is 364 g/mol. The number of pyridine rings is 1. The van der Waals surface area contributed by atoms with Gasteiger partial charge in [0.1, 0.15) is 0 Å². The van der Waals surface area contributed by atoms with Crippen LogP contribution in [0, 0.1) is 6.92 Å². The number of aromatic nitrogens is 2. The molecule has 0 fully saturated rings. The van der Waals surface area contributed by atoms with Crippen molar-refractivity contribution < 1.29 is 17.6 Å². The molecule has 0 unspecified atom stereocenters. The van der Waals surface area contributed by atoms with E-state index < -0.39 is 15.9 Å². The molecule has 2 N–H and O–H groups in total. The fourth-order valence-corrected chi connectivity index (χ4v) is 3.54. The molecule has 0 spiro atoms. The van der Waals surface area contributed by atoms with Crippen molar-refractivity contribution in [3.8, 4) is 0 Å². The van der Waals surface area contributed by atoms with Crippen LogP contribution in [-0.4, -0.2) is 24.3 Å². The van der Waals surface area contributed by atoms with Gasteiger partial charge in [0, 0.05) is 24.3 Å². The molecule has 0 radical (unpaired) electrons. The van der Waals surface area contributed by atoms with Gasteiger partial charge in [-0.05, 0) is 30.7 Å². The highest BCUT2D eigenvalue weighted by atomic mass is 32.2. The molecule has 130 valence electrons. The van der Waals surface area contributed by atoms with Crippen molar-refractivity contribution >= 4 is 32.4 Å². The number of carbonyl (C=O) groups excluding carboxylic acids is 1. The van der Waals surface area contributed by atoms with Crippen LogP contribution in [0.25, 0.3) is 0 Å². The van der Waals surface area contributed by atoms with E-state index in [4.69, 9.17) is 4.42 Å². The molecule has 0 aliphatic carbocycles. The van der Waals surface area contributed by atoms with E-state index in [0.29, 0.717) is 10.7 Å². The van der Waals surface area contributed by atoms with Gasteiger partial charge in [0.15, 0.2) is 10.9 Å². The molecule has 3 aromatic heterocycles. The van der Waals surface area contributed by atoms with Crippen LogP contribution >= 0.6 is 11.3 Å². The summed E-state index contributed by atoms with van der Waals surface area (Å²) in [5.74, 6) is -0.683. The molecule has 1 amide bonds. The second-order valence-electron chi connectivity index (χ2n) is 5.05. The Balaban J connectivity index is 1.68. The molecule has 3 aromatic rings. The van der Waals surface area contributed by atoms with E-state index in [1.807, 2.05) is 0 Å². The lowest BCUT2D eigenvalue weighted by Crippen LogP contribution is -2.22. The molecule has 0 bridgehead atoms. The van der Waals surface area contributed by atoms with Crippen molar-refractivity contribution in [1.82, 2.24) is 14.7 Å². The van der Waals surface area contributed by atoms with Gasteiger partial charge in [-0.3, -0.25) is 15.1 Å². The molecule has 10 heteroatoms. The average Bonchev–Trinajstić information content (AvgIpc) is 3.24. The van der Waals surface area contributed by atoms with Crippen molar-refractivity contribution in [2.45, 2.75) is 18.6 Å². The van der Waals surface area contributed by atoms with E-state index in [1.54, 1.807) is 36.8 Å². The maximum absolute atomic E-state index is 12.2. The fraction of sp³-hybridized carbons (Fsp3) is 0.133. The third-order valence-electron chi connectivity index (χ3n) is 3.10. The molecule has 25 heavy (non-hydrogen) atoms. The Hall–Kier alpha value is -2.56. The Morgan fingerprint density at radius 2 is 2.16 bits per heavy atom. The minimum absolute atomic E-state index is 0.0663. The van der Waals surface area contributed by atoms with Gasteiger partial charge in [-0.2, -0.15) is 0 Å². The molecule has 3 heterocycles. The Morgan fingerprint density at radius 1 is 1.32 bits per heavy atom. The summed E-state index contributed by atoms with van der Waals surface area (Å²) in [6, 6.07) is 5.98. The van der Waals surface area contributed by atoms with E-state index in [1.165, 1.54) is 23.5 Å². The van der Waals surface area contributed by atoms with Crippen LogP contribution in [0.15, 0.2) is 51.5 Å². The molecule has 0 aromatic carbocycles. The van der Waals surface area contributed by atoms with Crippen LogP contribution in [0.5, 0.6) is 0 Å². The first-order valence-electron chi connectivity index (χ1n) is 7.16. The van der Waals surface area contributed by atoms with Gasteiger partial charge < -0.3 is 4.42 Å². The lowest BCUT2D eigenvalue weighted by Gasteiger charge is -2.04. The first kappa shape index (κ1) is 17.3. The lowest BCUT2D eigenvalue weighted by molar-refractivity contribution is 0.0991. The fourth-order valence-electron chi connectivity index (χ4n) is 1.91. The van der Waals surface area contributed by atoms with Crippen molar-refractivity contribution in [2.24, 2.45) is 0 Å². The van der Waals surface area contributed by atoms with Crippen LogP contribution in [0.3, 0.4) is 0 Å². The summed E-state index contributed by atoms with van der Waals surface area (Å²) < 4.78 is 32.0. The number of carbonyl (C=O) groups is 1. The first-order chi connectivity index (χ1) is 11.9. The monoisotopic (exact) mass is 378 g/mol. The minimum atomic E-state index is -3.88. The number of hydrogen-bond donors (Lipinski definition) is 2. The van der Waals surface area contributed by atoms with E-state index in [0.717, 1.165) is 5.69 Å². The predicted octanol–water partition coefficient (Wildman–Crippen LogP) is 2.17. The van der Waals surface area contributed by atoms with Gasteiger partial charge in [-0.25, -0.2) is 18.1 Å². The lowest BCUT2D eigenvalue weighted by atomic mass is 10.3. The van der Waals surface area contributed by atoms with Gasteiger partial charge in [-0.1, -0.05) is 6.07 Å². The summed E-state index contributed by atoms with van der Waals surface area (Å²) in [6.07, 6.45) is 3.15. The Bertz CT molecular complexity index is 980. The number of rotatable bonds is 6. The number of nitrogens with zero attached hydrogens (tertiary/aromatic N) is 2. The number of furan rings is 1. The van der Waals surface area contributed by atoms with E-state index in [-0.39, 0.29) is 17.4 Å². The topological polar surface area (TPSA) is 114 Å². The maximum atomic E-state index is 12.2. The minimum Gasteiger partial charge on any atom is -0.438 e. The third kappa shape index (κ3) is 4.29. The predicted molar refractivity (Wildman–Crippen MR) is 91.8 cm³/mol. The Kier molecular flexibility index (Phi) is 4.93. The highest BCUT2D eigenvalue weighted by Crippen LogP contribution is 2.18. The van der Waals surface area contributed by atoms with Crippen molar-refractivity contribution in [3.63, 3.8) is 0 Å². The summed E-state index contributed by atoms with van der Waals surface area (Å²) >= 11 is 1.27. The number of thiazole rings is 1. The van der Waals surface area contributed by atoms with E-state index in [2.05, 4.69) is 20.0 Å². The van der Waals surface area contributed by atoms with Crippen LogP contribution in [0.2, 0.25) is 0 Å². The number of nitrogens with one attached hydrogen (secondary N) is 2. The number of anilines is 1. The molecule has 0 aliphatic heterocycles. The summed E-state index contributed by atoms with van der Waals surface area (Å²) in [6.45, 7) is 1.87. The number of sulfonamides is 1. The summed E-state index contributed by atoms with van der Waals surface area (Å²) in [5, 5.41) is 4.42. The Labute approximate surface area is 148 Å². The first-order valence-corrected chi connectivity index (χ1v) is 9.52. The highest BCUT2D eigenvalue weighted by Gasteiger charge is 2.21. The number of aryl methyl sites for hydroxylation is 1. The maximum Gasteiger partial charge on any atom is 0.293 e. The summed E-state index contributed by atoms with van der Waals surface area (Å²) in [4.78, 5) is 20.1. The number of hydrogen-bond acceptors (Lipinski definition) is 7. The van der Waals surface area contributed by atoms with Crippen LogP contribution in [0.4, 0.5) is 5.13 Å². The van der Waals surface area contributed by atoms with Gasteiger partial charge in [0.05, 0.1) is 5.69 Å². The van der Waals surface area contributed by atoms with Gasteiger partial charge in [0.2, 0.25) is 5.09 Å². The van der Waals surface area contributed by atoms with Crippen LogP contribution in [-0.2, 0) is 16.6 Å². The van der Waals surface area contributed by atoms with Crippen molar-refractivity contribution in [3.05, 3.63) is 59.1 Å². The van der Waals surface area contributed by atoms with Crippen LogP contribution in [0.1, 0.15) is 21.8 Å². The smallest absolute Gasteiger partial charge is 0.293 e. The van der Waals surface area contributed by atoms with E-state index >= 15 is 0 Å². The largest absolute Gasteiger partial charge is 0.438 e. The van der Waals surface area contributed by atoms with Crippen molar-refractivity contribution in [1.29, 1.82) is 0 Å². The quantitative estimate of drug-likeness (QED) is 0.679. The SMILES string of the molecule is Cc1csc(NC(=O)c2ccc(S(=O)(=O)NCc3cccnc3)o2)n1. The summed E-state index contributed by atoms with van der Waals surface area (Å²) in [7, 11) is -3.88. The van der Waals surface area contributed by atoms with Gasteiger partial charge in [-0.15, -0.1) is 11.3 Å². The van der Waals surface area contributed by atoms with Crippen LogP contribution < -0.4 is 10.0 Å². The molecule has 0 atom stereocenters.